The first-order valence-corrected chi connectivity index (χ1v) is 13.7. The number of methoxy groups -OCH3 is 1. The average Bonchev–Trinajstić information content (AvgIpc) is 3.77. The Morgan fingerprint density at radius 2 is 1.74 bits per heavy atom. The van der Waals surface area contributed by atoms with E-state index < -0.39 is 23.7 Å². The van der Waals surface area contributed by atoms with E-state index in [2.05, 4.69) is 25.3 Å². The van der Waals surface area contributed by atoms with Gasteiger partial charge < -0.3 is 29.9 Å². The van der Waals surface area contributed by atoms with Crippen LogP contribution in [-0.2, 0) is 15.5 Å². The number of alkyl halides is 2. The fourth-order valence-corrected chi connectivity index (χ4v) is 5.89. The predicted molar refractivity (Wildman–Crippen MR) is 151 cm³/mol. The van der Waals surface area contributed by atoms with Gasteiger partial charge in [0.2, 0.25) is 5.91 Å². The molecule has 2 aromatic carbocycles. The molecule has 0 radical (unpaired) electrons. The number of amides is 2. The highest BCUT2D eigenvalue weighted by Gasteiger charge is 2.45. The second-order valence-corrected chi connectivity index (χ2v) is 11.0. The van der Waals surface area contributed by atoms with Gasteiger partial charge in [-0.1, -0.05) is 38.1 Å². The number of aromatic amines is 3. The van der Waals surface area contributed by atoms with Crippen molar-refractivity contribution in [2.45, 2.75) is 44.7 Å². The predicted octanol–water partition coefficient (Wildman–Crippen LogP) is 4.92. The zero-order chi connectivity index (χ0) is 29.8. The Morgan fingerprint density at radius 1 is 1.07 bits per heavy atom. The van der Waals surface area contributed by atoms with E-state index in [4.69, 9.17) is 4.74 Å². The molecule has 42 heavy (non-hydrogen) atoms. The number of ether oxygens (including phenoxy) is 1. The summed E-state index contributed by atoms with van der Waals surface area (Å²) in [4.78, 5) is 51.4. The quantitative estimate of drug-likeness (QED) is 0.258. The molecule has 2 amide bonds. The van der Waals surface area contributed by atoms with Crippen molar-refractivity contribution >= 4 is 12.0 Å². The van der Waals surface area contributed by atoms with Crippen LogP contribution in [0.5, 0.6) is 0 Å². The van der Waals surface area contributed by atoms with Crippen LogP contribution in [0.15, 0.2) is 53.6 Å². The molecular formula is C30H30F2N6O4. The van der Waals surface area contributed by atoms with Crippen LogP contribution in [0.25, 0.3) is 33.6 Å². The lowest BCUT2D eigenvalue weighted by molar-refractivity contribution is -0.135. The zero-order valence-corrected chi connectivity index (χ0v) is 23.3. The number of alkyl carbamates (subject to hydrolysis) is 1. The Labute approximate surface area is 239 Å². The lowest BCUT2D eigenvalue weighted by atomic mass is 10.0. The van der Waals surface area contributed by atoms with E-state index in [0.29, 0.717) is 52.4 Å². The largest absolute Gasteiger partial charge is 0.453 e. The summed E-state index contributed by atoms with van der Waals surface area (Å²) < 4.78 is 36.3. The van der Waals surface area contributed by atoms with Crippen LogP contribution in [0.3, 0.4) is 0 Å². The number of halogens is 2. The highest BCUT2D eigenvalue weighted by Crippen LogP contribution is 2.52. The molecule has 3 heterocycles. The minimum atomic E-state index is -3.25. The second kappa shape index (κ2) is 10.3. The van der Waals surface area contributed by atoms with E-state index in [0.717, 1.165) is 6.42 Å². The van der Waals surface area contributed by atoms with E-state index in [1.807, 2.05) is 13.8 Å². The van der Waals surface area contributed by atoms with Crippen molar-refractivity contribution < 1.29 is 23.1 Å². The fraction of sp³-hybridized carbons (Fsp3) is 0.333. The molecule has 0 saturated carbocycles. The zero-order valence-electron chi connectivity index (χ0n) is 23.3. The molecule has 1 fully saturated rings. The molecule has 12 heteroatoms. The van der Waals surface area contributed by atoms with Gasteiger partial charge in [0.15, 0.2) is 0 Å². The van der Waals surface area contributed by atoms with Crippen LogP contribution >= 0.6 is 0 Å². The molecule has 0 unspecified atom stereocenters. The Bertz CT molecular complexity index is 1740. The number of aromatic nitrogens is 4. The molecule has 1 aliphatic heterocycles. The number of imidazole rings is 2. The van der Waals surface area contributed by atoms with E-state index >= 15 is 8.78 Å². The number of hydrogen-bond donors (Lipinski definition) is 4. The van der Waals surface area contributed by atoms with Gasteiger partial charge in [-0.25, -0.2) is 14.6 Å². The first kappa shape index (κ1) is 27.4. The molecule has 6 rings (SSSR count). The normalized spacial score (nSPS) is 17.7. The second-order valence-electron chi connectivity index (χ2n) is 11.0. The van der Waals surface area contributed by atoms with Gasteiger partial charge in [-0.15, -0.1) is 0 Å². The first-order valence-electron chi connectivity index (χ1n) is 13.7. The van der Waals surface area contributed by atoms with E-state index in [-0.39, 0.29) is 29.0 Å². The van der Waals surface area contributed by atoms with E-state index in [1.54, 1.807) is 35.4 Å². The molecule has 0 spiro atoms. The minimum Gasteiger partial charge on any atom is -0.453 e. The van der Waals surface area contributed by atoms with Crippen LogP contribution in [0, 0.1) is 5.92 Å². The van der Waals surface area contributed by atoms with Crippen molar-refractivity contribution in [2.75, 3.05) is 13.7 Å². The summed E-state index contributed by atoms with van der Waals surface area (Å²) in [6.45, 7) is 4.20. The van der Waals surface area contributed by atoms with Crippen molar-refractivity contribution in [1.82, 2.24) is 30.2 Å². The number of benzene rings is 2. The van der Waals surface area contributed by atoms with Crippen LogP contribution in [-0.4, -0.2) is 56.5 Å². The SMILES string of the molecule is COC(=O)N[C@H](C(=O)N1CCC[C@H]1c1ncc(-c2ccc3c(c2)C(F)(F)c2cc(-c4c[nH]c(=O)[nH]4)ccc2-3)[nH]1)C(C)C. The molecule has 1 saturated heterocycles. The number of nitrogens with zero attached hydrogens (tertiary/aromatic N) is 2. The smallest absolute Gasteiger partial charge is 0.407 e. The highest BCUT2D eigenvalue weighted by atomic mass is 19.3. The van der Waals surface area contributed by atoms with Gasteiger partial charge in [-0.3, -0.25) is 4.79 Å². The number of rotatable bonds is 6. The molecule has 218 valence electrons. The summed E-state index contributed by atoms with van der Waals surface area (Å²) in [7, 11) is 1.25. The highest BCUT2D eigenvalue weighted by molar-refractivity contribution is 5.87. The van der Waals surface area contributed by atoms with Crippen molar-refractivity contribution in [3.63, 3.8) is 0 Å². The van der Waals surface area contributed by atoms with Crippen LogP contribution in [0.4, 0.5) is 13.6 Å². The Morgan fingerprint density at radius 3 is 2.33 bits per heavy atom. The summed E-state index contributed by atoms with van der Waals surface area (Å²) in [6.07, 6.45) is 3.80. The first-order chi connectivity index (χ1) is 20.1. The van der Waals surface area contributed by atoms with E-state index in [9.17, 15) is 14.4 Å². The van der Waals surface area contributed by atoms with Crippen LogP contribution in [0.2, 0.25) is 0 Å². The standard InChI is InChI=1S/C30H30F2N6O4/c1-15(2)25(37-29(41)42-3)27(39)38-10-4-5-24(38)26-33-13-22(35-26)16-6-8-18-19-9-7-17(23-14-34-28(40)36-23)12-21(19)30(31,32)20(18)11-16/h6-9,11-15,24-25H,4-5,10H2,1-3H3,(H,33,35)(H,37,41)(H2,34,36,40)/t24-,25-/m0/s1. The Kier molecular flexibility index (Phi) is 6.71. The summed E-state index contributed by atoms with van der Waals surface area (Å²) in [5.74, 6) is -3.09. The topological polar surface area (TPSA) is 136 Å². The molecule has 4 N–H and O–H groups in total. The van der Waals surface area contributed by atoms with Gasteiger partial charge in [0, 0.05) is 35.0 Å². The fourth-order valence-electron chi connectivity index (χ4n) is 5.89. The van der Waals surface area contributed by atoms with E-state index in [1.165, 1.54) is 25.4 Å². The maximum Gasteiger partial charge on any atom is 0.407 e. The Hall–Kier alpha value is -4.74. The van der Waals surface area contributed by atoms with Gasteiger partial charge in [0.25, 0.3) is 5.92 Å². The molecular weight excluding hydrogens is 546 g/mol. The van der Waals surface area contributed by atoms with Crippen molar-refractivity contribution in [2.24, 2.45) is 5.92 Å². The minimum absolute atomic E-state index is 0.114. The lowest BCUT2D eigenvalue weighted by Gasteiger charge is -2.30. The summed E-state index contributed by atoms with van der Waals surface area (Å²) >= 11 is 0. The molecule has 2 aromatic heterocycles. The molecule has 2 atom stereocenters. The monoisotopic (exact) mass is 576 g/mol. The van der Waals surface area contributed by atoms with Crippen molar-refractivity contribution in [1.29, 1.82) is 0 Å². The average molecular weight is 577 g/mol. The summed E-state index contributed by atoms with van der Waals surface area (Å²) in [6, 6.07) is 8.58. The van der Waals surface area contributed by atoms with Gasteiger partial charge >= 0.3 is 11.8 Å². The lowest BCUT2D eigenvalue weighted by Crippen LogP contribution is -2.51. The van der Waals surface area contributed by atoms with Crippen molar-refractivity contribution in [3.05, 3.63) is 76.2 Å². The number of hydrogen-bond acceptors (Lipinski definition) is 5. The Balaban J connectivity index is 1.27. The molecule has 4 aromatic rings. The number of carbonyl (C=O) groups excluding carboxylic acids is 2. The van der Waals surface area contributed by atoms with Crippen LogP contribution < -0.4 is 11.0 Å². The maximum absolute atomic E-state index is 15.8. The maximum atomic E-state index is 15.8. The number of nitrogens with one attached hydrogen (secondary N) is 4. The third-order valence-electron chi connectivity index (χ3n) is 8.06. The number of likely N-dealkylation sites (tertiary alicyclic amines) is 1. The van der Waals surface area contributed by atoms with Crippen LogP contribution in [0.1, 0.15) is 49.7 Å². The van der Waals surface area contributed by atoms with Gasteiger partial charge in [0.1, 0.15) is 11.9 Å². The number of H-pyrrole nitrogens is 3. The molecule has 1 aliphatic carbocycles. The third-order valence-corrected chi connectivity index (χ3v) is 8.06. The third kappa shape index (κ3) is 4.56. The molecule has 0 bridgehead atoms. The summed E-state index contributed by atoms with van der Waals surface area (Å²) in [5, 5.41) is 2.63. The van der Waals surface area contributed by atoms with Gasteiger partial charge in [-0.2, -0.15) is 8.78 Å². The van der Waals surface area contributed by atoms with Gasteiger partial charge in [-0.05, 0) is 42.0 Å². The molecule has 2 aliphatic rings. The van der Waals surface area contributed by atoms with Gasteiger partial charge in [0.05, 0.1) is 30.7 Å². The van der Waals surface area contributed by atoms with Crippen molar-refractivity contribution in [3.8, 4) is 33.6 Å². The molecule has 10 nitrogen and oxygen atoms in total. The number of fused-ring (bicyclic) bond motifs is 3. The summed E-state index contributed by atoms with van der Waals surface area (Å²) in [5.41, 5.74) is 2.24. The number of carbonyl (C=O) groups is 2.